The average Bonchev–Trinajstić information content (AvgIpc) is 3.20. The number of benzene rings is 2. The highest BCUT2D eigenvalue weighted by Gasteiger charge is 2.45. The topological polar surface area (TPSA) is 76.1 Å². The molecule has 2 aromatic carbocycles. The predicted octanol–water partition coefficient (Wildman–Crippen LogP) is 5.38. The summed E-state index contributed by atoms with van der Waals surface area (Å²) < 4.78 is 23.5. The molecule has 2 fully saturated rings. The average molecular weight is 514 g/mol. The van der Waals surface area contributed by atoms with Gasteiger partial charge in [0.1, 0.15) is 0 Å². The summed E-state index contributed by atoms with van der Waals surface area (Å²) >= 11 is 0. The van der Waals surface area contributed by atoms with Gasteiger partial charge in [0, 0.05) is 38.3 Å². The maximum Gasteiger partial charge on any atom is 0.197 e. The Morgan fingerprint density at radius 3 is 2.33 bits per heavy atom. The van der Waals surface area contributed by atoms with Crippen LogP contribution in [0.15, 0.2) is 54.6 Å². The molecule has 36 heavy (non-hydrogen) atoms. The minimum atomic E-state index is -2.92. The Balaban J connectivity index is 1.35. The van der Waals surface area contributed by atoms with Gasteiger partial charge in [-0.2, -0.15) is 0 Å². The number of carbonyl (C=O) groups is 1. The molecule has 0 spiro atoms. The van der Waals surface area contributed by atoms with E-state index in [0.717, 1.165) is 50.8 Å². The molecular formula is C29H40NO5P. The molecule has 4 atom stereocenters. The van der Waals surface area contributed by atoms with Crippen molar-refractivity contribution in [1.82, 2.24) is 4.90 Å². The fraction of sp³-hybridized carbons (Fsp3) is 0.552. The molecule has 1 saturated heterocycles. The fourth-order valence-corrected chi connectivity index (χ4v) is 6.35. The molecule has 1 aliphatic heterocycles. The van der Waals surface area contributed by atoms with Crippen LogP contribution in [0.3, 0.4) is 0 Å². The van der Waals surface area contributed by atoms with Gasteiger partial charge in [0.25, 0.3) is 0 Å². The third-order valence-corrected chi connectivity index (χ3v) is 8.59. The second kappa shape index (κ2) is 13.1. The van der Waals surface area contributed by atoms with Crippen molar-refractivity contribution < 1.29 is 23.7 Å². The van der Waals surface area contributed by atoms with E-state index in [1.807, 2.05) is 18.2 Å². The summed E-state index contributed by atoms with van der Waals surface area (Å²) in [5.74, 6) is 0.466. The Bertz CT molecular complexity index is 1000. The van der Waals surface area contributed by atoms with Crippen molar-refractivity contribution in [3.8, 4) is 11.1 Å². The van der Waals surface area contributed by atoms with Crippen LogP contribution in [0, 0.1) is 5.92 Å². The first-order valence-electron chi connectivity index (χ1n) is 13.3. The zero-order valence-electron chi connectivity index (χ0n) is 21.4. The van der Waals surface area contributed by atoms with Crippen molar-refractivity contribution in [3.63, 3.8) is 0 Å². The number of Topliss-reactive ketones (excluding diaryl/α,β-unsaturated/α-hetero) is 1. The van der Waals surface area contributed by atoms with Crippen LogP contribution >= 0.6 is 7.37 Å². The number of morpholine rings is 1. The fourth-order valence-electron chi connectivity index (χ4n) is 5.53. The van der Waals surface area contributed by atoms with Crippen molar-refractivity contribution in [3.05, 3.63) is 60.2 Å². The van der Waals surface area contributed by atoms with Crippen LogP contribution in [0.4, 0.5) is 0 Å². The molecular weight excluding hydrogens is 473 g/mol. The monoisotopic (exact) mass is 513 g/mol. The Morgan fingerprint density at radius 1 is 0.972 bits per heavy atom. The van der Waals surface area contributed by atoms with Gasteiger partial charge < -0.3 is 14.4 Å². The summed E-state index contributed by atoms with van der Waals surface area (Å²) in [6.45, 7) is 4.87. The third-order valence-electron chi connectivity index (χ3n) is 7.44. The summed E-state index contributed by atoms with van der Waals surface area (Å²) in [6.07, 6.45) is 5.46. The van der Waals surface area contributed by atoms with E-state index in [9.17, 15) is 14.3 Å². The first-order chi connectivity index (χ1) is 17.4. The number of carbonyl (C=O) groups excluding carboxylic acids is 1. The molecule has 0 amide bonds. The second-order valence-corrected chi connectivity index (χ2v) is 12.9. The lowest BCUT2D eigenvalue weighted by molar-refractivity contribution is -0.124. The minimum Gasteiger partial charge on any atom is -0.379 e. The van der Waals surface area contributed by atoms with Crippen LogP contribution < -0.4 is 0 Å². The summed E-state index contributed by atoms with van der Waals surface area (Å²) in [4.78, 5) is 24.9. The van der Waals surface area contributed by atoms with Gasteiger partial charge in [-0.3, -0.25) is 14.3 Å². The molecule has 0 bridgehead atoms. The number of unbranched alkanes of at least 4 members (excludes halogenated alkanes) is 3. The summed E-state index contributed by atoms with van der Waals surface area (Å²) in [6, 6.07) is 18.7. The lowest BCUT2D eigenvalue weighted by atomic mass is 9.92. The number of ether oxygens (including phenoxy) is 2. The molecule has 6 nitrogen and oxygen atoms in total. The highest BCUT2D eigenvalue weighted by atomic mass is 31.2. The number of hydrogen-bond acceptors (Lipinski definition) is 5. The number of ketones is 1. The number of hydrogen-bond donors (Lipinski definition) is 1. The molecule has 2 aromatic rings. The second-order valence-electron chi connectivity index (χ2n) is 10.3. The van der Waals surface area contributed by atoms with Crippen molar-refractivity contribution in [2.45, 2.75) is 57.3 Å². The SMILES string of the molecule is CP(=O)(O)CCCCCCC1C(OCc2ccc(-c3ccccc3)cc2)CC(=O)C1N1CCOCC1. The standard InChI is InChI=1S/C29H40NO5P/c1-36(32,33)20-8-3-2-7-11-26-28(21-27(31)29(26)30-16-18-34-19-17-30)35-22-23-12-14-25(15-13-23)24-9-5-4-6-10-24/h4-6,9-10,12-15,26,28-29H,2-3,7-8,11,16-22H2,1H3,(H,32,33). The van der Waals surface area contributed by atoms with Crippen LogP contribution in [0.1, 0.15) is 44.1 Å². The molecule has 0 radical (unpaired) electrons. The van der Waals surface area contributed by atoms with Crippen molar-refractivity contribution in [1.29, 1.82) is 0 Å². The van der Waals surface area contributed by atoms with E-state index in [4.69, 9.17) is 9.47 Å². The van der Waals surface area contributed by atoms with Gasteiger partial charge >= 0.3 is 0 Å². The van der Waals surface area contributed by atoms with Gasteiger partial charge in [-0.05, 0) is 29.5 Å². The molecule has 1 saturated carbocycles. The molecule has 2 aliphatic rings. The Hall–Kier alpha value is -1.82. The first-order valence-corrected chi connectivity index (χ1v) is 15.6. The Morgan fingerprint density at radius 2 is 1.64 bits per heavy atom. The van der Waals surface area contributed by atoms with Gasteiger partial charge in [0.15, 0.2) is 13.2 Å². The van der Waals surface area contributed by atoms with Crippen LogP contribution in [-0.2, 0) is 25.4 Å². The Kier molecular flexibility index (Phi) is 9.92. The molecule has 7 heteroatoms. The normalized spacial score (nSPS) is 24.6. The van der Waals surface area contributed by atoms with E-state index >= 15 is 0 Å². The zero-order chi connectivity index (χ0) is 25.4. The van der Waals surface area contributed by atoms with Gasteiger partial charge in [0.05, 0.1) is 32.0 Å². The maximum absolute atomic E-state index is 13.1. The molecule has 0 aromatic heterocycles. The molecule has 196 valence electrons. The smallest absolute Gasteiger partial charge is 0.197 e. The van der Waals surface area contributed by atoms with Crippen LogP contribution in [-0.4, -0.2) is 66.9 Å². The van der Waals surface area contributed by atoms with Crippen LogP contribution in [0.25, 0.3) is 11.1 Å². The van der Waals surface area contributed by atoms with Gasteiger partial charge in [-0.25, -0.2) is 0 Å². The quantitative estimate of drug-likeness (QED) is 0.303. The molecule has 4 rings (SSSR count). The van der Waals surface area contributed by atoms with E-state index in [0.29, 0.717) is 38.2 Å². The Labute approximate surface area is 215 Å². The molecule has 1 aliphatic carbocycles. The van der Waals surface area contributed by atoms with Crippen molar-refractivity contribution >= 4 is 13.2 Å². The zero-order valence-corrected chi connectivity index (χ0v) is 22.3. The predicted molar refractivity (Wildman–Crippen MR) is 143 cm³/mol. The number of rotatable bonds is 12. The molecule has 1 N–H and O–H groups in total. The highest BCUT2D eigenvalue weighted by Crippen LogP contribution is 2.37. The number of nitrogens with zero attached hydrogens (tertiary/aromatic N) is 1. The highest BCUT2D eigenvalue weighted by molar-refractivity contribution is 7.57. The van der Waals surface area contributed by atoms with E-state index in [-0.39, 0.29) is 18.1 Å². The van der Waals surface area contributed by atoms with Crippen molar-refractivity contribution in [2.75, 3.05) is 39.1 Å². The summed E-state index contributed by atoms with van der Waals surface area (Å²) in [7, 11) is -2.92. The van der Waals surface area contributed by atoms with E-state index in [2.05, 4.69) is 41.3 Å². The van der Waals surface area contributed by atoms with Gasteiger partial charge in [-0.1, -0.05) is 73.9 Å². The maximum atomic E-state index is 13.1. The largest absolute Gasteiger partial charge is 0.379 e. The first kappa shape index (κ1) is 27.2. The lowest BCUT2D eigenvalue weighted by Crippen LogP contribution is -2.49. The molecule has 4 unspecified atom stereocenters. The molecule has 1 heterocycles. The van der Waals surface area contributed by atoms with Crippen molar-refractivity contribution in [2.24, 2.45) is 5.92 Å². The third kappa shape index (κ3) is 7.84. The van der Waals surface area contributed by atoms with Gasteiger partial charge in [0.2, 0.25) is 0 Å². The van der Waals surface area contributed by atoms with E-state index in [1.165, 1.54) is 17.8 Å². The summed E-state index contributed by atoms with van der Waals surface area (Å²) in [5, 5.41) is 0. The lowest BCUT2D eigenvalue weighted by Gasteiger charge is -2.35. The van der Waals surface area contributed by atoms with Crippen LogP contribution in [0.5, 0.6) is 0 Å². The minimum absolute atomic E-state index is 0.0764. The van der Waals surface area contributed by atoms with E-state index < -0.39 is 7.37 Å². The van der Waals surface area contributed by atoms with E-state index in [1.54, 1.807) is 0 Å². The van der Waals surface area contributed by atoms with Crippen LogP contribution in [0.2, 0.25) is 0 Å². The summed E-state index contributed by atoms with van der Waals surface area (Å²) in [5.41, 5.74) is 3.49. The van der Waals surface area contributed by atoms with Gasteiger partial charge in [-0.15, -0.1) is 0 Å².